The SMILES string of the molecule is CC(=O)c1cccc(C=CCC(=O)O)c1. The van der Waals surface area contributed by atoms with Crippen LogP contribution in [-0.4, -0.2) is 16.9 Å². The van der Waals surface area contributed by atoms with Crippen molar-refractivity contribution in [2.45, 2.75) is 13.3 Å². The standard InChI is InChI=1S/C12H12O3/c1-9(13)11-6-2-4-10(8-11)5-3-7-12(14)15/h2-6,8H,7H2,1H3,(H,14,15). The first kappa shape index (κ1) is 11.2. The summed E-state index contributed by atoms with van der Waals surface area (Å²) in [6, 6.07) is 7.07. The maximum absolute atomic E-state index is 11.1. The highest BCUT2D eigenvalue weighted by Gasteiger charge is 1.98. The van der Waals surface area contributed by atoms with E-state index in [4.69, 9.17) is 5.11 Å². The molecule has 0 spiro atoms. The fraction of sp³-hybridized carbons (Fsp3) is 0.167. The van der Waals surface area contributed by atoms with Crippen molar-refractivity contribution in [3.05, 3.63) is 41.5 Å². The van der Waals surface area contributed by atoms with Crippen molar-refractivity contribution >= 4 is 17.8 Å². The van der Waals surface area contributed by atoms with E-state index in [1.165, 1.54) is 6.92 Å². The molecule has 0 bridgehead atoms. The van der Waals surface area contributed by atoms with Crippen LogP contribution < -0.4 is 0 Å². The lowest BCUT2D eigenvalue weighted by Gasteiger charge is -1.97. The molecule has 0 heterocycles. The molecule has 0 unspecified atom stereocenters. The molecule has 0 atom stereocenters. The van der Waals surface area contributed by atoms with Gasteiger partial charge >= 0.3 is 5.97 Å². The lowest BCUT2D eigenvalue weighted by Crippen LogP contribution is -1.92. The van der Waals surface area contributed by atoms with Crippen LogP contribution in [0.2, 0.25) is 0 Å². The van der Waals surface area contributed by atoms with Gasteiger partial charge in [-0.15, -0.1) is 0 Å². The van der Waals surface area contributed by atoms with Gasteiger partial charge in [0.05, 0.1) is 6.42 Å². The molecule has 1 aromatic rings. The number of ketones is 1. The summed E-state index contributed by atoms with van der Waals surface area (Å²) in [6.45, 7) is 1.50. The van der Waals surface area contributed by atoms with E-state index in [0.29, 0.717) is 5.56 Å². The maximum Gasteiger partial charge on any atom is 0.307 e. The number of rotatable bonds is 4. The highest BCUT2D eigenvalue weighted by molar-refractivity contribution is 5.94. The summed E-state index contributed by atoms with van der Waals surface area (Å²) in [5, 5.41) is 8.43. The van der Waals surface area contributed by atoms with Gasteiger partial charge in [0.25, 0.3) is 0 Å². The Morgan fingerprint density at radius 1 is 1.40 bits per heavy atom. The van der Waals surface area contributed by atoms with Crippen LogP contribution in [0.3, 0.4) is 0 Å². The van der Waals surface area contributed by atoms with Gasteiger partial charge in [0.2, 0.25) is 0 Å². The molecule has 1 rings (SSSR count). The summed E-state index contributed by atoms with van der Waals surface area (Å²) in [5.41, 5.74) is 1.47. The third kappa shape index (κ3) is 3.77. The zero-order valence-electron chi connectivity index (χ0n) is 8.43. The molecule has 0 aliphatic carbocycles. The number of Topliss-reactive ketones (excluding diaryl/α,β-unsaturated/α-hetero) is 1. The van der Waals surface area contributed by atoms with Crippen LogP contribution in [-0.2, 0) is 4.79 Å². The highest BCUT2D eigenvalue weighted by Crippen LogP contribution is 2.08. The summed E-state index contributed by atoms with van der Waals surface area (Å²) < 4.78 is 0. The lowest BCUT2D eigenvalue weighted by molar-refractivity contribution is -0.135. The number of carbonyl (C=O) groups excluding carboxylic acids is 1. The van der Waals surface area contributed by atoms with Gasteiger partial charge in [0.1, 0.15) is 0 Å². The van der Waals surface area contributed by atoms with E-state index in [-0.39, 0.29) is 12.2 Å². The minimum absolute atomic E-state index is 0.00323. The normalized spacial score (nSPS) is 10.5. The van der Waals surface area contributed by atoms with Crippen molar-refractivity contribution in [3.8, 4) is 0 Å². The zero-order chi connectivity index (χ0) is 11.3. The first-order valence-corrected chi connectivity index (χ1v) is 4.59. The van der Waals surface area contributed by atoms with Crippen LogP contribution in [0.25, 0.3) is 6.08 Å². The summed E-state index contributed by atoms with van der Waals surface area (Å²) >= 11 is 0. The Morgan fingerprint density at radius 3 is 2.73 bits per heavy atom. The van der Waals surface area contributed by atoms with Gasteiger partial charge < -0.3 is 5.11 Å². The highest BCUT2D eigenvalue weighted by atomic mass is 16.4. The number of aliphatic carboxylic acids is 1. The molecule has 78 valence electrons. The van der Waals surface area contributed by atoms with E-state index in [1.807, 2.05) is 6.07 Å². The Balaban J connectivity index is 2.78. The average Bonchev–Trinajstić information content (AvgIpc) is 2.17. The first-order valence-electron chi connectivity index (χ1n) is 4.59. The molecular weight excluding hydrogens is 192 g/mol. The van der Waals surface area contributed by atoms with Crippen LogP contribution in [0.5, 0.6) is 0 Å². The third-order valence-corrected chi connectivity index (χ3v) is 1.90. The number of carbonyl (C=O) groups is 2. The van der Waals surface area contributed by atoms with Crippen LogP contribution in [0.1, 0.15) is 29.3 Å². The number of carboxylic acids is 1. The summed E-state index contributed by atoms with van der Waals surface area (Å²) in [4.78, 5) is 21.3. The monoisotopic (exact) mass is 204 g/mol. The predicted octanol–water partition coefficient (Wildman–Crippen LogP) is 2.38. The van der Waals surface area contributed by atoms with Crippen LogP contribution >= 0.6 is 0 Å². The molecule has 0 aliphatic heterocycles. The van der Waals surface area contributed by atoms with Crippen molar-refractivity contribution in [2.75, 3.05) is 0 Å². The topological polar surface area (TPSA) is 54.4 Å². The van der Waals surface area contributed by atoms with E-state index < -0.39 is 5.97 Å². The minimum atomic E-state index is -0.867. The van der Waals surface area contributed by atoms with Crippen LogP contribution in [0.15, 0.2) is 30.3 Å². The van der Waals surface area contributed by atoms with Gasteiger partial charge in [0, 0.05) is 5.56 Å². The molecule has 15 heavy (non-hydrogen) atoms. The lowest BCUT2D eigenvalue weighted by atomic mass is 10.1. The number of carboxylic acid groups (broad SMARTS) is 1. The van der Waals surface area contributed by atoms with E-state index >= 15 is 0 Å². The van der Waals surface area contributed by atoms with Crippen molar-refractivity contribution in [3.63, 3.8) is 0 Å². The van der Waals surface area contributed by atoms with Gasteiger partial charge in [-0.05, 0) is 18.6 Å². The Kier molecular flexibility index (Phi) is 3.80. The fourth-order valence-corrected chi connectivity index (χ4v) is 1.16. The molecule has 0 amide bonds. The molecule has 1 N–H and O–H groups in total. The van der Waals surface area contributed by atoms with Crippen molar-refractivity contribution in [2.24, 2.45) is 0 Å². The largest absolute Gasteiger partial charge is 0.481 e. The number of hydrogen-bond acceptors (Lipinski definition) is 2. The van der Waals surface area contributed by atoms with E-state index in [0.717, 1.165) is 5.56 Å². The van der Waals surface area contributed by atoms with Gasteiger partial charge in [-0.1, -0.05) is 30.4 Å². The molecule has 0 fully saturated rings. The summed E-state index contributed by atoms with van der Waals surface area (Å²) in [6.07, 6.45) is 3.24. The molecule has 0 aliphatic rings. The minimum Gasteiger partial charge on any atom is -0.481 e. The molecule has 0 aromatic heterocycles. The quantitative estimate of drug-likeness (QED) is 0.766. The van der Waals surface area contributed by atoms with Gasteiger partial charge in [-0.3, -0.25) is 9.59 Å². The van der Waals surface area contributed by atoms with Crippen LogP contribution in [0, 0.1) is 0 Å². The second-order valence-corrected chi connectivity index (χ2v) is 3.18. The number of benzene rings is 1. The van der Waals surface area contributed by atoms with Gasteiger partial charge in [-0.2, -0.15) is 0 Å². The van der Waals surface area contributed by atoms with Gasteiger partial charge in [-0.25, -0.2) is 0 Å². The van der Waals surface area contributed by atoms with Crippen molar-refractivity contribution in [1.82, 2.24) is 0 Å². The van der Waals surface area contributed by atoms with Crippen molar-refractivity contribution < 1.29 is 14.7 Å². The summed E-state index contributed by atoms with van der Waals surface area (Å²) in [7, 11) is 0. The maximum atomic E-state index is 11.1. The average molecular weight is 204 g/mol. The smallest absolute Gasteiger partial charge is 0.307 e. The molecule has 0 radical (unpaired) electrons. The first-order chi connectivity index (χ1) is 7.09. The molecule has 1 aromatic carbocycles. The van der Waals surface area contributed by atoms with E-state index in [9.17, 15) is 9.59 Å². The molecule has 3 heteroatoms. The van der Waals surface area contributed by atoms with E-state index in [1.54, 1.807) is 30.4 Å². The Labute approximate surface area is 88.0 Å². The Hall–Kier alpha value is -1.90. The molecule has 0 saturated carbocycles. The Morgan fingerprint density at radius 2 is 2.13 bits per heavy atom. The molecule has 3 nitrogen and oxygen atoms in total. The fourth-order valence-electron chi connectivity index (χ4n) is 1.16. The predicted molar refractivity (Wildman–Crippen MR) is 57.7 cm³/mol. The second kappa shape index (κ2) is 5.10. The third-order valence-electron chi connectivity index (χ3n) is 1.90. The van der Waals surface area contributed by atoms with Crippen molar-refractivity contribution in [1.29, 1.82) is 0 Å². The van der Waals surface area contributed by atoms with E-state index in [2.05, 4.69) is 0 Å². The Bertz CT molecular complexity index is 405. The van der Waals surface area contributed by atoms with Crippen LogP contribution in [0.4, 0.5) is 0 Å². The second-order valence-electron chi connectivity index (χ2n) is 3.18. The molecule has 0 saturated heterocycles. The number of hydrogen-bond donors (Lipinski definition) is 1. The van der Waals surface area contributed by atoms with Gasteiger partial charge in [0.15, 0.2) is 5.78 Å². The zero-order valence-corrected chi connectivity index (χ0v) is 8.43. The molecular formula is C12H12O3. The summed E-state index contributed by atoms with van der Waals surface area (Å²) in [5.74, 6) is -0.863.